The molecule has 2 bridgehead atoms. The zero-order valence-electron chi connectivity index (χ0n) is 18.9. The Bertz CT molecular complexity index is 1120. The number of benzene rings is 3. The average molecular weight is 440 g/mol. The molecular formula is C29H29NO3. The van der Waals surface area contributed by atoms with Crippen molar-refractivity contribution < 1.29 is 14.3 Å². The van der Waals surface area contributed by atoms with Crippen LogP contribution in [0, 0.1) is 5.92 Å². The quantitative estimate of drug-likeness (QED) is 0.537. The smallest absolute Gasteiger partial charge is 0.257 e. The SMILES string of the molecule is CC(=O)CCc1ccc(OCC(=O)NCC2CC3c4ccccc4C2c2ccccc23)cc1. The van der Waals surface area contributed by atoms with Gasteiger partial charge in [-0.1, -0.05) is 60.7 Å². The van der Waals surface area contributed by atoms with Gasteiger partial charge in [0, 0.05) is 24.8 Å². The summed E-state index contributed by atoms with van der Waals surface area (Å²) in [7, 11) is 0. The van der Waals surface area contributed by atoms with Gasteiger partial charge in [0.05, 0.1) is 0 Å². The molecule has 0 radical (unpaired) electrons. The summed E-state index contributed by atoms with van der Waals surface area (Å²) in [5.74, 6) is 1.86. The van der Waals surface area contributed by atoms with E-state index in [-0.39, 0.29) is 18.3 Å². The molecule has 1 atom stereocenters. The second kappa shape index (κ2) is 9.22. The molecule has 1 unspecified atom stereocenters. The van der Waals surface area contributed by atoms with Crippen molar-refractivity contribution in [3.63, 3.8) is 0 Å². The lowest BCUT2D eigenvalue weighted by molar-refractivity contribution is -0.123. The summed E-state index contributed by atoms with van der Waals surface area (Å²) in [5.41, 5.74) is 6.80. The average Bonchev–Trinajstić information content (AvgIpc) is 2.85. The van der Waals surface area contributed by atoms with Gasteiger partial charge in [0.15, 0.2) is 6.61 Å². The van der Waals surface area contributed by atoms with Gasteiger partial charge in [-0.2, -0.15) is 0 Å². The van der Waals surface area contributed by atoms with Gasteiger partial charge >= 0.3 is 0 Å². The van der Waals surface area contributed by atoms with E-state index >= 15 is 0 Å². The summed E-state index contributed by atoms with van der Waals surface area (Å²) in [6.07, 6.45) is 2.33. The van der Waals surface area contributed by atoms with Crippen LogP contribution >= 0.6 is 0 Å². The van der Waals surface area contributed by atoms with Crippen LogP contribution in [0.2, 0.25) is 0 Å². The molecule has 0 heterocycles. The molecule has 4 nitrogen and oxygen atoms in total. The summed E-state index contributed by atoms with van der Waals surface area (Å²) in [5, 5.41) is 3.11. The maximum absolute atomic E-state index is 12.5. The number of fused-ring (bicyclic) bond motifs is 1. The fourth-order valence-electron chi connectivity index (χ4n) is 5.48. The number of aryl methyl sites for hydroxylation is 1. The Morgan fingerprint density at radius 1 is 0.879 bits per heavy atom. The van der Waals surface area contributed by atoms with Crippen LogP contribution in [0.4, 0.5) is 0 Å². The predicted octanol–water partition coefficient (Wildman–Crippen LogP) is 5.00. The molecule has 1 N–H and O–H groups in total. The van der Waals surface area contributed by atoms with E-state index in [0.717, 1.165) is 18.4 Å². The summed E-state index contributed by atoms with van der Waals surface area (Å²) >= 11 is 0. The van der Waals surface area contributed by atoms with Crippen LogP contribution in [-0.2, 0) is 16.0 Å². The molecule has 3 aliphatic carbocycles. The third-order valence-corrected chi connectivity index (χ3v) is 7.04. The van der Waals surface area contributed by atoms with Crippen LogP contribution < -0.4 is 10.1 Å². The van der Waals surface area contributed by atoms with Crippen LogP contribution in [0.1, 0.15) is 59.4 Å². The molecule has 6 rings (SSSR count). The molecular weight excluding hydrogens is 410 g/mol. The summed E-state index contributed by atoms with van der Waals surface area (Å²) in [4.78, 5) is 23.7. The Morgan fingerprint density at radius 3 is 2.09 bits per heavy atom. The number of hydrogen-bond donors (Lipinski definition) is 1. The van der Waals surface area contributed by atoms with E-state index in [1.165, 1.54) is 22.3 Å². The topological polar surface area (TPSA) is 55.4 Å². The van der Waals surface area contributed by atoms with Crippen molar-refractivity contribution in [1.29, 1.82) is 0 Å². The number of rotatable bonds is 8. The molecule has 1 amide bonds. The van der Waals surface area contributed by atoms with E-state index in [1.807, 2.05) is 24.3 Å². The van der Waals surface area contributed by atoms with E-state index in [0.29, 0.717) is 36.5 Å². The van der Waals surface area contributed by atoms with Crippen LogP contribution in [0.3, 0.4) is 0 Å². The number of ketones is 1. The highest BCUT2D eigenvalue weighted by molar-refractivity contribution is 5.77. The number of carbonyl (C=O) groups is 2. The first-order valence-electron chi connectivity index (χ1n) is 11.8. The molecule has 3 aromatic carbocycles. The van der Waals surface area contributed by atoms with E-state index < -0.39 is 0 Å². The number of Topliss-reactive ketones (excluding diaryl/α,β-unsaturated/α-hetero) is 1. The van der Waals surface area contributed by atoms with E-state index in [1.54, 1.807) is 6.92 Å². The molecule has 168 valence electrons. The van der Waals surface area contributed by atoms with E-state index in [2.05, 4.69) is 53.8 Å². The molecule has 33 heavy (non-hydrogen) atoms. The van der Waals surface area contributed by atoms with Crippen LogP contribution in [-0.4, -0.2) is 24.8 Å². The minimum absolute atomic E-state index is 0.000776. The molecule has 0 spiro atoms. The summed E-state index contributed by atoms with van der Waals surface area (Å²) < 4.78 is 5.68. The van der Waals surface area contributed by atoms with Crippen LogP contribution in [0.25, 0.3) is 0 Å². The van der Waals surface area contributed by atoms with Crippen molar-refractivity contribution >= 4 is 11.7 Å². The maximum atomic E-state index is 12.5. The van der Waals surface area contributed by atoms with Gasteiger partial charge in [0.1, 0.15) is 11.5 Å². The van der Waals surface area contributed by atoms with Crippen molar-refractivity contribution in [3.05, 3.63) is 101 Å². The molecule has 0 aliphatic heterocycles. The molecule has 0 saturated carbocycles. The fourth-order valence-corrected chi connectivity index (χ4v) is 5.48. The predicted molar refractivity (Wildman–Crippen MR) is 129 cm³/mol. The second-order valence-corrected chi connectivity index (χ2v) is 9.22. The normalized spacial score (nSPS) is 20.0. The van der Waals surface area contributed by atoms with Gasteiger partial charge in [0.25, 0.3) is 5.91 Å². The molecule has 0 fully saturated rings. The number of amides is 1. The van der Waals surface area contributed by atoms with Gasteiger partial charge in [-0.3, -0.25) is 4.79 Å². The Balaban J connectivity index is 1.18. The minimum atomic E-state index is -0.0985. The van der Waals surface area contributed by atoms with Gasteiger partial charge in [-0.15, -0.1) is 0 Å². The first kappa shape index (κ1) is 21.4. The number of hydrogen-bond acceptors (Lipinski definition) is 3. The van der Waals surface area contributed by atoms with Gasteiger partial charge < -0.3 is 14.8 Å². The Kier molecular flexibility index (Phi) is 5.99. The number of carbonyl (C=O) groups excluding carboxylic acids is 2. The first-order chi connectivity index (χ1) is 16.1. The minimum Gasteiger partial charge on any atom is -0.484 e. The lowest BCUT2D eigenvalue weighted by atomic mass is 9.59. The van der Waals surface area contributed by atoms with Gasteiger partial charge in [-0.05, 0) is 65.6 Å². The monoisotopic (exact) mass is 439 g/mol. The highest BCUT2D eigenvalue weighted by Gasteiger charge is 2.42. The van der Waals surface area contributed by atoms with Crippen LogP contribution in [0.5, 0.6) is 5.75 Å². The third-order valence-electron chi connectivity index (χ3n) is 7.04. The van der Waals surface area contributed by atoms with Gasteiger partial charge in [-0.25, -0.2) is 0 Å². The largest absolute Gasteiger partial charge is 0.484 e. The molecule has 3 aromatic rings. The zero-order chi connectivity index (χ0) is 22.8. The Hall–Kier alpha value is -3.40. The molecule has 3 aliphatic rings. The van der Waals surface area contributed by atoms with E-state index in [4.69, 9.17) is 4.74 Å². The first-order valence-corrected chi connectivity index (χ1v) is 11.8. The zero-order valence-corrected chi connectivity index (χ0v) is 18.9. The highest BCUT2D eigenvalue weighted by atomic mass is 16.5. The maximum Gasteiger partial charge on any atom is 0.257 e. The second-order valence-electron chi connectivity index (χ2n) is 9.22. The standard InChI is InChI=1S/C29H29NO3/c1-19(31)10-11-20-12-14-22(15-13-20)33-18-28(32)30-17-21-16-27-23-6-2-4-8-25(23)29(21)26-9-5-3-7-24(26)27/h2-9,12-15,21,27,29H,10-11,16-18H2,1H3,(H,30,32). The molecule has 0 saturated heterocycles. The Labute approximate surface area is 195 Å². The van der Waals surface area contributed by atoms with E-state index in [9.17, 15) is 9.59 Å². The Morgan fingerprint density at radius 2 is 1.48 bits per heavy atom. The van der Waals surface area contributed by atoms with Crippen molar-refractivity contribution in [3.8, 4) is 5.75 Å². The molecule has 4 heteroatoms. The van der Waals surface area contributed by atoms with Crippen molar-refractivity contribution in [2.75, 3.05) is 13.2 Å². The van der Waals surface area contributed by atoms with Gasteiger partial charge in [0.2, 0.25) is 0 Å². The third kappa shape index (κ3) is 4.43. The molecule has 0 aromatic heterocycles. The lowest BCUT2D eigenvalue weighted by Crippen LogP contribution is -2.40. The van der Waals surface area contributed by atoms with Crippen molar-refractivity contribution in [2.24, 2.45) is 5.92 Å². The summed E-state index contributed by atoms with van der Waals surface area (Å²) in [6.45, 7) is 2.25. The fraction of sp³-hybridized carbons (Fsp3) is 0.310. The number of nitrogens with one attached hydrogen (secondary N) is 1. The summed E-state index contributed by atoms with van der Waals surface area (Å²) in [6, 6.07) is 25.1. The lowest BCUT2D eigenvalue weighted by Gasteiger charge is -2.45. The van der Waals surface area contributed by atoms with Crippen molar-refractivity contribution in [2.45, 2.75) is 38.0 Å². The van der Waals surface area contributed by atoms with Crippen molar-refractivity contribution in [1.82, 2.24) is 5.32 Å². The highest BCUT2D eigenvalue weighted by Crippen LogP contribution is 2.55. The van der Waals surface area contributed by atoms with Crippen LogP contribution in [0.15, 0.2) is 72.8 Å². The number of ether oxygens (including phenoxy) is 1.